The summed E-state index contributed by atoms with van der Waals surface area (Å²) >= 11 is 5.47. The molecule has 0 aliphatic rings. The van der Waals surface area contributed by atoms with Crippen LogP contribution < -0.4 is 15.4 Å². The zero-order valence-electron chi connectivity index (χ0n) is 15.2. The van der Waals surface area contributed by atoms with Crippen molar-refractivity contribution in [3.8, 4) is 5.75 Å². The molecule has 4 rings (SSSR count). The lowest BCUT2D eigenvalue weighted by Crippen LogP contribution is -2.19. The first kappa shape index (κ1) is 17.4. The molecule has 136 valence electrons. The Balaban J connectivity index is 1.61. The standard InChI is InChI=1S/C22H20N2O2S/c1-3-14-8-10-15(11-9-14)23-22(27)24-18-13-20-17(12-21(18)25-2)16-6-4-5-7-19(16)26-20/h4-13H,3H2,1-2H3,(H2,23,24,27). The van der Waals surface area contributed by atoms with Crippen molar-refractivity contribution in [3.63, 3.8) is 0 Å². The van der Waals surface area contributed by atoms with E-state index in [-0.39, 0.29) is 0 Å². The molecule has 2 N–H and O–H groups in total. The van der Waals surface area contributed by atoms with Gasteiger partial charge < -0.3 is 19.8 Å². The first-order valence-electron chi connectivity index (χ1n) is 8.84. The highest BCUT2D eigenvalue weighted by atomic mass is 32.1. The summed E-state index contributed by atoms with van der Waals surface area (Å²) in [7, 11) is 1.65. The number of anilines is 2. The highest BCUT2D eigenvalue weighted by molar-refractivity contribution is 7.80. The van der Waals surface area contributed by atoms with Crippen molar-refractivity contribution < 1.29 is 9.15 Å². The van der Waals surface area contributed by atoms with E-state index in [1.165, 1.54) is 5.56 Å². The Morgan fingerprint density at radius 2 is 1.74 bits per heavy atom. The molecule has 3 aromatic carbocycles. The van der Waals surface area contributed by atoms with Crippen LogP contribution in [0.15, 0.2) is 65.1 Å². The van der Waals surface area contributed by atoms with Crippen LogP contribution in [0, 0.1) is 0 Å². The fourth-order valence-electron chi connectivity index (χ4n) is 3.13. The van der Waals surface area contributed by atoms with Crippen LogP contribution in [0.1, 0.15) is 12.5 Å². The summed E-state index contributed by atoms with van der Waals surface area (Å²) in [4.78, 5) is 0. The number of hydrogen-bond acceptors (Lipinski definition) is 3. The molecule has 4 aromatic rings. The van der Waals surface area contributed by atoms with Crippen LogP contribution in [0.25, 0.3) is 21.9 Å². The molecule has 0 saturated heterocycles. The van der Waals surface area contributed by atoms with Gasteiger partial charge in [0.15, 0.2) is 5.11 Å². The smallest absolute Gasteiger partial charge is 0.175 e. The normalized spacial score (nSPS) is 10.9. The number of thiocarbonyl (C=S) groups is 1. The second-order valence-electron chi connectivity index (χ2n) is 6.28. The zero-order valence-corrected chi connectivity index (χ0v) is 16.0. The van der Waals surface area contributed by atoms with Gasteiger partial charge in [0.05, 0.1) is 12.8 Å². The molecule has 0 unspecified atom stereocenters. The fraction of sp³-hybridized carbons (Fsp3) is 0.136. The van der Waals surface area contributed by atoms with Crippen LogP contribution >= 0.6 is 12.2 Å². The molecule has 1 heterocycles. The summed E-state index contributed by atoms with van der Waals surface area (Å²) < 4.78 is 11.5. The molecule has 0 aliphatic carbocycles. The summed E-state index contributed by atoms with van der Waals surface area (Å²) in [5, 5.41) is 8.99. The molecule has 0 saturated carbocycles. The molecule has 0 aliphatic heterocycles. The summed E-state index contributed by atoms with van der Waals surface area (Å²) in [5.74, 6) is 0.708. The van der Waals surface area contributed by atoms with Gasteiger partial charge in [0.2, 0.25) is 0 Å². The van der Waals surface area contributed by atoms with Gasteiger partial charge in [-0.15, -0.1) is 0 Å². The number of methoxy groups -OCH3 is 1. The van der Waals surface area contributed by atoms with Gasteiger partial charge in [-0.05, 0) is 48.5 Å². The Morgan fingerprint density at radius 1 is 0.963 bits per heavy atom. The third-order valence-corrected chi connectivity index (χ3v) is 4.77. The SMILES string of the molecule is CCc1ccc(NC(=S)Nc2cc3oc4ccccc4c3cc2OC)cc1. The summed E-state index contributed by atoms with van der Waals surface area (Å²) in [5.41, 5.74) is 4.62. The maximum Gasteiger partial charge on any atom is 0.175 e. The van der Waals surface area contributed by atoms with Crippen molar-refractivity contribution in [1.29, 1.82) is 0 Å². The van der Waals surface area contributed by atoms with Crippen LogP contribution in [-0.4, -0.2) is 12.2 Å². The molecule has 0 amide bonds. The lowest BCUT2D eigenvalue weighted by Gasteiger charge is -2.14. The van der Waals surface area contributed by atoms with E-state index in [4.69, 9.17) is 21.4 Å². The number of fused-ring (bicyclic) bond motifs is 3. The minimum atomic E-state index is 0.494. The van der Waals surface area contributed by atoms with E-state index in [0.29, 0.717) is 10.9 Å². The Morgan fingerprint density at radius 3 is 2.48 bits per heavy atom. The molecule has 0 bridgehead atoms. The van der Waals surface area contributed by atoms with Gasteiger partial charge in [0.1, 0.15) is 16.9 Å². The van der Waals surface area contributed by atoms with Crippen molar-refractivity contribution in [2.24, 2.45) is 0 Å². The van der Waals surface area contributed by atoms with Gasteiger partial charge in [0.25, 0.3) is 0 Å². The quantitative estimate of drug-likeness (QED) is 0.430. The maximum atomic E-state index is 5.96. The lowest BCUT2D eigenvalue weighted by atomic mass is 10.1. The molecule has 0 radical (unpaired) electrons. The minimum Gasteiger partial charge on any atom is -0.495 e. The average molecular weight is 376 g/mol. The monoisotopic (exact) mass is 376 g/mol. The molecule has 5 heteroatoms. The fourth-order valence-corrected chi connectivity index (χ4v) is 3.35. The second kappa shape index (κ2) is 7.29. The molecule has 0 spiro atoms. The van der Waals surface area contributed by atoms with E-state index in [9.17, 15) is 0 Å². The van der Waals surface area contributed by atoms with E-state index in [0.717, 1.165) is 39.7 Å². The van der Waals surface area contributed by atoms with Crippen LogP contribution in [0.3, 0.4) is 0 Å². The van der Waals surface area contributed by atoms with Gasteiger partial charge in [-0.3, -0.25) is 0 Å². The Kier molecular flexibility index (Phi) is 4.69. The summed E-state index contributed by atoms with van der Waals surface area (Å²) in [6.07, 6.45) is 1.01. The predicted octanol–water partition coefficient (Wildman–Crippen LogP) is 5.97. The van der Waals surface area contributed by atoms with Crippen molar-refractivity contribution in [1.82, 2.24) is 0 Å². The first-order chi connectivity index (χ1) is 13.2. The first-order valence-corrected chi connectivity index (χ1v) is 9.25. The zero-order chi connectivity index (χ0) is 18.8. The highest BCUT2D eigenvalue weighted by Crippen LogP contribution is 2.36. The van der Waals surface area contributed by atoms with Gasteiger partial charge >= 0.3 is 0 Å². The lowest BCUT2D eigenvalue weighted by molar-refractivity contribution is 0.417. The molecular formula is C22H20N2O2S. The number of ether oxygens (including phenoxy) is 1. The van der Waals surface area contributed by atoms with E-state index in [1.54, 1.807) is 7.11 Å². The molecule has 4 nitrogen and oxygen atoms in total. The average Bonchev–Trinajstić information content (AvgIpc) is 3.05. The van der Waals surface area contributed by atoms with Gasteiger partial charge in [0, 0.05) is 22.5 Å². The Labute approximate surface area is 163 Å². The van der Waals surface area contributed by atoms with Crippen LogP contribution in [0.2, 0.25) is 0 Å². The third-order valence-electron chi connectivity index (χ3n) is 4.57. The number of para-hydroxylation sites is 1. The second-order valence-corrected chi connectivity index (χ2v) is 6.68. The number of aryl methyl sites for hydroxylation is 1. The van der Waals surface area contributed by atoms with Crippen molar-refractivity contribution in [3.05, 3.63) is 66.2 Å². The van der Waals surface area contributed by atoms with Crippen molar-refractivity contribution in [2.75, 3.05) is 17.7 Å². The summed E-state index contributed by atoms with van der Waals surface area (Å²) in [6.45, 7) is 2.13. The number of rotatable bonds is 4. The van der Waals surface area contributed by atoms with Crippen LogP contribution in [0.5, 0.6) is 5.75 Å². The molecular weight excluding hydrogens is 356 g/mol. The number of hydrogen-bond donors (Lipinski definition) is 2. The van der Waals surface area contributed by atoms with Gasteiger partial charge in [-0.1, -0.05) is 37.3 Å². The summed E-state index contributed by atoms with van der Waals surface area (Å²) in [6, 6.07) is 20.1. The van der Waals surface area contributed by atoms with Crippen molar-refractivity contribution in [2.45, 2.75) is 13.3 Å². The van der Waals surface area contributed by atoms with Crippen LogP contribution in [-0.2, 0) is 6.42 Å². The molecule has 1 aromatic heterocycles. The van der Waals surface area contributed by atoms with Gasteiger partial charge in [-0.25, -0.2) is 0 Å². The van der Waals surface area contributed by atoms with Crippen LogP contribution in [0.4, 0.5) is 11.4 Å². The molecule has 0 fully saturated rings. The molecule has 0 atom stereocenters. The van der Waals surface area contributed by atoms with E-state index >= 15 is 0 Å². The largest absolute Gasteiger partial charge is 0.495 e. The predicted molar refractivity (Wildman–Crippen MR) is 116 cm³/mol. The Hall–Kier alpha value is -3.05. The molecule has 27 heavy (non-hydrogen) atoms. The topological polar surface area (TPSA) is 46.4 Å². The third kappa shape index (κ3) is 3.46. The minimum absolute atomic E-state index is 0.494. The number of furan rings is 1. The Bertz CT molecular complexity index is 1120. The number of nitrogens with one attached hydrogen (secondary N) is 2. The highest BCUT2D eigenvalue weighted by Gasteiger charge is 2.13. The van der Waals surface area contributed by atoms with Crippen molar-refractivity contribution >= 4 is 50.6 Å². The van der Waals surface area contributed by atoms with E-state index in [2.05, 4.69) is 29.7 Å². The van der Waals surface area contributed by atoms with E-state index in [1.807, 2.05) is 48.5 Å². The van der Waals surface area contributed by atoms with E-state index < -0.39 is 0 Å². The van der Waals surface area contributed by atoms with Gasteiger partial charge in [-0.2, -0.15) is 0 Å². The number of benzene rings is 3. The maximum absolute atomic E-state index is 5.96.